The van der Waals surface area contributed by atoms with Gasteiger partial charge in [0.05, 0.1) is 42.2 Å². The van der Waals surface area contributed by atoms with Crippen LogP contribution in [0, 0.1) is 29.1 Å². The molecule has 2 aromatic rings. The van der Waals surface area contributed by atoms with E-state index in [1.54, 1.807) is 41.0 Å². The zero-order valence-corrected chi connectivity index (χ0v) is 33.4. The summed E-state index contributed by atoms with van der Waals surface area (Å²) in [7, 11) is -2.36. The van der Waals surface area contributed by atoms with Gasteiger partial charge in [0.15, 0.2) is 5.78 Å². The Balaban J connectivity index is 1.35. The number of carbonyl (C=O) groups is 4. The third kappa shape index (κ3) is 8.30. The molecule has 7 atom stereocenters. The van der Waals surface area contributed by atoms with Crippen LogP contribution in [0.2, 0.25) is 0 Å². The first-order valence-electron chi connectivity index (χ1n) is 19.2. The van der Waals surface area contributed by atoms with E-state index >= 15 is 0 Å². The van der Waals surface area contributed by atoms with Crippen molar-refractivity contribution in [2.24, 2.45) is 29.1 Å². The molecule has 0 radical (unpaired) electrons. The minimum absolute atomic E-state index is 0.0552. The molecule has 1 N–H and O–H groups in total. The van der Waals surface area contributed by atoms with Crippen LogP contribution in [0.3, 0.4) is 0 Å². The number of ketones is 1. The van der Waals surface area contributed by atoms with Crippen LogP contribution in [0.5, 0.6) is 11.6 Å². The number of carbonyl (C=O) groups excluding carboxylic acids is 4. The predicted octanol–water partition coefficient (Wildman–Crippen LogP) is 5.92. The lowest BCUT2D eigenvalue weighted by atomic mass is 9.82. The van der Waals surface area contributed by atoms with Crippen LogP contribution in [0.15, 0.2) is 42.6 Å². The van der Waals surface area contributed by atoms with E-state index in [0.29, 0.717) is 42.7 Å². The van der Waals surface area contributed by atoms with Crippen molar-refractivity contribution in [3.8, 4) is 11.6 Å². The van der Waals surface area contributed by atoms with Gasteiger partial charge in [0, 0.05) is 29.8 Å². The largest absolute Gasteiger partial charge is 0.496 e. The molecule has 294 valence electrons. The van der Waals surface area contributed by atoms with Crippen molar-refractivity contribution in [3.05, 3.63) is 42.6 Å². The van der Waals surface area contributed by atoms with Crippen LogP contribution in [-0.4, -0.2) is 78.0 Å². The van der Waals surface area contributed by atoms with E-state index in [4.69, 9.17) is 14.2 Å². The van der Waals surface area contributed by atoms with Gasteiger partial charge in [0.2, 0.25) is 27.7 Å². The number of methoxy groups -OCH3 is 1. The van der Waals surface area contributed by atoms with Crippen LogP contribution < -0.4 is 14.2 Å². The van der Waals surface area contributed by atoms with Gasteiger partial charge in [0.1, 0.15) is 17.5 Å². The predicted molar refractivity (Wildman–Crippen MR) is 203 cm³/mol. The second-order valence-electron chi connectivity index (χ2n) is 17.4. The molecular formula is C41H55N3O9S. The number of hydrogen-bond donors (Lipinski definition) is 1. The van der Waals surface area contributed by atoms with Crippen LogP contribution >= 0.6 is 0 Å². The van der Waals surface area contributed by atoms with Gasteiger partial charge in [-0.2, -0.15) is 0 Å². The molecule has 0 spiro atoms. The molecule has 0 bridgehead atoms. The fourth-order valence-corrected chi connectivity index (χ4v) is 9.56. The number of nitrogens with zero attached hydrogens (tertiary/aromatic N) is 2. The Morgan fingerprint density at radius 1 is 1.07 bits per heavy atom. The number of esters is 1. The molecule has 3 fully saturated rings. The average Bonchev–Trinajstić information content (AvgIpc) is 3.97. The highest BCUT2D eigenvalue weighted by atomic mass is 32.2. The Hall–Kier alpha value is -4.00. The van der Waals surface area contributed by atoms with Gasteiger partial charge < -0.3 is 19.1 Å². The highest BCUT2D eigenvalue weighted by Crippen LogP contribution is 2.57. The molecule has 2 aliphatic heterocycles. The van der Waals surface area contributed by atoms with Crippen molar-refractivity contribution in [1.29, 1.82) is 0 Å². The van der Waals surface area contributed by atoms with Crippen LogP contribution in [0.4, 0.5) is 0 Å². The Kier molecular flexibility index (Phi) is 11.0. The Bertz CT molecular complexity index is 1930. The number of fused-ring (bicyclic) bond motifs is 3. The van der Waals surface area contributed by atoms with Crippen LogP contribution in [-0.2, 0) is 33.9 Å². The first kappa shape index (κ1) is 39.7. The Labute approximate surface area is 318 Å². The van der Waals surface area contributed by atoms with Crippen molar-refractivity contribution in [3.63, 3.8) is 0 Å². The van der Waals surface area contributed by atoms with Gasteiger partial charge in [-0.05, 0) is 102 Å². The number of benzene rings is 1. The van der Waals surface area contributed by atoms with Crippen molar-refractivity contribution in [2.45, 2.75) is 122 Å². The monoisotopic (exact) mass is 765 g/mol. The van der Waals surface area contributed by atoms with Crippen molar-refractivity contribution < 1.29 is 41.8 Å². The first-order chi connectivity index (χ1) is 25.4. The lowest BCUT2D eigenvalue weighted by Gasteiger charge is -2.32. The Morgan fingerprint density at radius 2 is 1.81 bits per heavy atom. The lowest BCUT2D eigenvalue weighted by molar-refractivity contribution is -0.160. The molecule has 2 amide bonds. The summed E-state index contributed by atoms with van der Waals surface area (Å²) < 4.78 is 45.5. The molecule has 6 rings (SSSR count). The summed E-state index contributed by atoms with van der Waals surface area (Å²) in [6.07, 6.45) is 8.14. The quantitative estimate of drug-likeness (QED) is 0.253. The van der Waals surface area contributed by atoms with Gasteiger partial charge >= 0.3 is 5.97 Å². The zero-order chi connectivity index (χ0) is 39.2. The maximum absolute atomic E-state index is 14.8. The molecule has 54 heavy (non-hydrogen) atoms. The van der Waals surface area contributed by atoms with Crippen LogP contribution in [0.1, 0.15) is 99.3 Å². The summed E-state index contributed by atoms with van der Waals surface area (Å²) in [4.78, 5) is 62.7. The van der Waals surface area contributed by atoms with E-state index < -0.39 is 55.7 Å². The SMILES string of the molecule is COc1cccc2c(O[C@@H]3C[C@H]4C(=O)C[C@]5(C(=O)NS(=O)(=O)C6(C)CC6)C[C@H]5/C=C\CC[C@@H](C)C[C@@H](C)[C@H](CC(=O)OC(C)(C)C)C(=O)N4C3)nccc12. The molecule has 1 saturated heterocycles. The summed E-state index contributed by atoms with van der Waals surface area (Å²) in [5.41, 5.74) is -2.01. The van der Waals surface area contributed by atoms with Crippen molar-refractivity contribution in [2.75, 3.05) is 13.7 Å². The van der Waals surface area contributed by atoms with Gasteiger partial charge in [-0.1, -0.05) is 32.1 Å². The molecule has 1 aromatic heterocycles. The van der Waals surface area contributed by atoms with E-state index in [0.717, 1.165) is 18.2 Å². The number of sulfonamides is 1. The maximum Gasteiger partial charge on any atom is 0.307 e. The van der Waals surface area contributed by atoms with Crippen molar-refractivity contribution in [1.82, 2.24) is 14.6 Å². The molecule has 2 aliphatic carbocycles. The molecule has 12 nitrogen and oxygen atoms in total. The number of Topliss-reactive ketones (excluding diaryl/α,β-unsaturated/α-hetero) is 1. The molecule has 13 heteroatoms. The summed E-state index contributed by atoms with van der Waals surface area (Å²) in [5.74, 6) is -1.99. The third-order valence-corrected chi connectivity index (χ3v) is 14.0. The van der Waals surface area contributed by atoms with E-state index in [9.17, 15) is 27.6 Å². The summed E-state index contributed by atoms with van der Waals surface area (Å²) in [5, 5.41) is 1.50. The molecule has 2 saturated carbocycles. The minimum atomic E-state index is -3.95. The number of hydrogen-bond acceptors (Lipinski definition) is 10. The summed E-state index contributed by atoms with van der Waals surface area (Å²) in [6, 6.07) is 6.38. The second kappa shape index (κ2) is 14.9. The number of ether oxygens (including phenoxy) is 3. The lowest BCUT2D eigenvalue weighted by Crippen LogP contribution is -2.48. The van der Waals surface area contributed by atoms with Gasteiger partial charge in [0.25, 0.3) is 0 Å². The molecule has 0 unspecified atom stereocenters. The summed E-state index contributed by atoms with van der Waals surface area (Å²) >= 11 is 0. The van der Waals surface area contributed by atoms with Gasteiger partial charge in [-0.25, -0.2) is 13.4 Å². The highest BCUT2D eigenvalue weighted by Gasteiger charge is 2.62. The number of aromatic nitrogens is 1. The van der Waals surface area contributed by atoms with Gasteiger partial charge in [-0.15, -0.1) is 0 Å². The minimum Gasteiger partial charge on any atom is -0.496 e. The molecule has 1 aromatic carbocycles. The molecule has 4 aliphatic rings. The standard InChI is InChI=1S/C41H55N3O9S/c1-25-11-8-9-12-27-22-41(27,38(48)43-54(49,50)40(6)16-17-40)23-33(45)32-20-28(52-36-30-13-10-14-34(51-7)29(30)15-18-42-36)24-44(32)37(47)31(26(2)19-25)21-35(46)53-39(3,4)5/h9-10,12-15,18,25-28,31-32H,8,11,16-17,19-24H2,1-7H3,(H,43,48)/b12-9-/t25-,26-,27-,28-,31+,32+,41-/m1/s1. The fraction of sp³-hybridized carbons (Fsp3) is 0.634. The maximum atomic E-state index is 14.8. The second-order valence-corrected chi connectivity index (χ2v) is 19.6. The third-order valence-electron chi connectivity index (χ3n) is 11.8. The Morgan fingerprint density at radius 3 is 2.50 bits per heavy atom. The van der Waals surface area contributed by atoms with E-state index in [2.05, 4.69) is 16.6 Å². The zero-order valence-electron chi connectivity index (χ0n) is 32.6. The number of allylic oxidation sites excluding steroid dienone is 2. The smallest absolute Gasteiger partial charge is 0.307 e. The topological polar surface area (TPSA) is 158 Å². The summed E-state index contributed by atoms with van der Waals surface area (Å²) in [6.45, 7) is 11.1. The number of rotatable bonds is 8. The highest BCUT2D eigenvalue weighted by molar-refractivity contribution is 7.91. The van der Waals surface area contributed by atoms with Gasteiger partial charge in [-0.3, -0.25) is 23.9 Å². The fourth-order valence-electron chi connectivity index (χ4n) is 8.23. The van der Waals surface area contributed by atoms with E-state index in [1.165, 1.54) is 4.90 Å². The normalized spacial score (nSPS) is 30.6. The van der Waals surface area contributed by atoms with E-state index in [1.807, 2.05) is 43.3 Å². The number of nitrogens with one attached hydrogen (secondary N) is 1. The van der Waals surface area contributed by atoms with Crippen LogP contribution in [0.25, 0.3) is 10.8 Å². The van der Waals surface area contributed by atoms with Crippen molar-refractivity contribution >= 4 is 44.4 Å². The molecular weight excluding hydrogens is 711 g/mol. The number of pyridine rings is 1. The molecule has 3 heterocycles. The average molecular weight is 766 g/mol. The first-order valence-corrected chi connectivity index (χ1v) is 20.7. The number of amides is 2. The van der Waals surface area contributed by atoms with E-state index in [-0.39, 0.29) is 55.3 Å².